The summed E-state index contributed by atoms with van der Waals surface area (Å²) in [4.78, 5) is 26.6. The van der Waals surface area contributed by atoms with E-state index in [1.165, 1.54) is 0 Å². The van der Waals surface area contributed by atoms with Gasteiger partial charge in [-0.15, -0.1) is 0 Å². The molecule has 2 aromatic rings. The number of nitrogens with one attached hydrogen (secondary N) is 2. The fourth-order valence-electron chi connectivity index (χ4n) is 3.24. The van der Waals surface area contributed by atoms with Crippen molar-refractivity contribution in [1.29, 1.82) is 0 Å². The lowest BCUT2D eigenvalue weighted by Gasteiger charge is -2.33. The summed E-state index contributed by atoms with van der Waals surface area (Å²) >= 11 is 0. The predicted molar refractivity (Wildman–Crippen MR) is 86.6 cm³/mol. The van der Waals surface area contributed by atoms with Gasteiger partial charge in [-0.25, -0.2) is 0 Å². The van der Waals surface area contributed by atoms with Gasteiger partial charge in [0.1, 0.15) is 6.04 Å². The van der Waals surface area contributed by atoms with Crippen molar-refractivity contribution in [3.63, 3.8) is 0 Å². The molecule has 0 aliphatic carbocycles. The molecule has 23 heavy (non-hydrogen) atoms. The van der Waals surface area contributed by atoms with Crippen molar-refractivity contribution in [3.05, 3.63) is 36.0 Å². The first-order chi connectivity index (χ1) is 11.1. The van der Waals surface area contributed by atoms with Gasteiger partial charge in [-0.3, -0.25) is 14.3 Å². The second-order valence-electron chi connectivity index (χ2n) is 5.90. The molecule has 2 aliphatic rings. The lowest BCUT2D eigenvalue weighted by Crippen LogP contribution is -2.43. The van der Waals surface area contributed by atoms with E-state index >= 15 is 0 Å². The maximum absolute atomic E-state index is 12.3. The van der Waals surface area contributed by atoms with Crippen molar-refractivity contribution in [2.45, 2.75) is 18.9 Å². The highest BCUT2D eigenvalue weighted by Gasteiger charge is 2.36. The smallest absolute Gasteiger partial charge is 0.256 e. The van der Waals surface area contributed by atoms with Gasteiger partial charge in [0.15, 0.2) is 5.82 Å². The number of carbonyl (C=O) groups is 2. The third kappa shape index (κ3) is 2.34. The van der Waals surface area contributed by atoms with Crippen LogP contribution in [0, 0.1) is 0 Å². The number of aryl methyl sites for hydroxylation is 1. The minimum atomic E-state index is -0.246. The molecule has 1 aromatic heterocycles. The third-order valence-corrected chi connectivity index (χ3v) is 4.34. The molecule has 1 aromatic carbocycles. The second-order valence-corrected chi connectivity index (χ2v) is 5.90. The fourth-order valence-corrected chi connectivity index (χ4v) is 3.24. The summed E-state index contributed by atoms with van der Waals surface area (Å²) in [5.41, 5.74) is 2.18. The van der Waals surface area contributed by atoms with Crippen LogP contribution in [0.1, 0.15) is 23.2 Å². The Bertz CT molecular complexity index is 798. The van der Waals surface area contributed by atoms with Gasteiger partial charge in [-0.2, -0.15) is 5.10 Å². The SMILES string of the molecule is Cn1ccc(NC(=O)c2ccc3c(c2)NC(=O)C2CCCN32)n1. The summed E-state index contributed by atoms with van der Waals surface area (Å²) in [5.74, 6) is 0.264. The van der Waals surface area contributed by atoms with Gasteiger partial charge in [-0.05, 0) is 31.0 Å². The van der Waals surface area contributed by atoms with E-state index < -0.39 is 0 Å². The van der Waals surface area contributed by atoms with Gasteiger partial charge in [-0.1, -0.05) is 0 Å². The van der Waals surface area contributed by atoms with Gasteiger partial charge in [0, 0.05) is 31.4 Å². The number of nitrogens with zero attached hydrogens (tertiary/aromatic N) is 3. The number of fused-ring (bicyclic) bond motifs is 3. The summed E-state index contributed by atoms with van der Waals surface area (Å²) in [7, 11) is 1.79. The molecule has 0 spiro atoms. The first-order valence-electron chi connectivity index (χ1n) is 7.64. The van der Waals surface area contributed by atoms with Crippen LogP contribution in [-0.2, 0) is 11.8 Å². The molecule has 2 amide bonds. The zero-order valence-electron chi connectivity index (χ0n) is 12.7. The van der Waals surface area contributed by atoms with Crippen molar-refractivity contribution < 1.29 is 9.59 Å². The number of rotatable bonds is 2. The summed E-state index contributed by atoms with van der Waals surface area (Å²) in [6.45, 7) is 0.880. The van der Waals surface area contributed by atoms with E-state index in [9.17, 15) is 9.59 Å². The van der Waals surface area contributed by atoms with E-state index in [1.54, 1.807) is 36.1 Å². The largest absolute Gasteiger partial charge is 0.358 e. The Hall–Kier alpha value is -2.83. The van der Waals surface area contributed by atoms with Crippen molar-refractivity contribution in [1.82, 2.24) is 9.78 Å². The number of carbonyl (C=O) groups excluding carboxylic acids is 2. The minimum absolute atomic E-state index is 0.0114. The number of anilines is 3. The Morgan fingerprint density at radius 2 is 2.26 bits per heavy atom. The summed E-state index contributed by atoms with van der Waals surface area (Å²) in [6.07, 6.45) is 3.66. The zero-order chi connectivity index (χ0) is 16.0. The molecule has 1 atom stereocenters. The summed E-state index contributed by atoms with van der Waals surface area (Å²) in [5, 5.41) is 9.79. The van der Waals surface area contributed by atoms with Crippen LogP contribution < -0.4 is 15.5 Å². The molecule has 1 unspecified atom stereocenters. The Balaban J connectivity index is 1.61. The quantitative estimate of drug-likeness (QED) is 0.883. The van der Waals surface area contributed by atoms with Gasteiger partial charge in [0.25, 0.3) is 5.91 Å². The molecule has 0 saturated carbocycles. The molecule has 1 fully saturated rings. The maximum Gasteiger partial charge on any atom is 0.256 e. The van der Waals surface area contributed by atoms with Crippen LogP contribution in [0.15, 0.2) is 30.5 Å². The lowest BCUT2D eigenvalue weighted by molar-refractivity contribution is -0.117. The molecule has 1 saturated heterocycles. The number of aromatic nitrogens is 2. The Morgan fingerprint density at radius 3 is 3.04 bits per heavy atom. The zero-order valence-corrected chi connectivity index (χ0v) is 12.7. The van der Waals surface area contributed by atoms with E-state index in [0.29, 0.717) is 17.1 Å². The molecular weight excluding hydrogens is 294 g/mol. The van der Waals surface area contributed by atoms with Gasteiger partial charge < -0.3 is 15.5 Å². The molecule has 118 valence electrons. The van der Waals surface area contributed by atoms with E-state index in [4.69, 9.17) is 0 Å². The molecular formula is C16H17N5O2. The molecule has 4 rings (SSSR count). The molecule has 2 aliphatic heterocycles. The first kappa shape index (κ1) is 13.8. The molecule has 7 heteroatoms. The van der Waals surface area contributed by atoms with Crippen LogP contribution in [0.25, 0.3) is 0 Å². The summed E-state index contributed by atoms with van der Waals surface area (Å²) < 4.78 is 1.62. The Morgan fingerprint density at radius 1 is 1.39 bits per heavy atom. The van der Waals surface area contributed by atoms with Crippen LogP contribution in [-0.4, -0.2) is 34.2 Å². The molecule has 3 heterocycles. The minimum Gasteiger partial charge on any atom is -0.358 e. The van der Waals surface area contributed by atoms with Crippen molar-refractivity contribution in [2.24, 2.45) is 7.05 Å². The fraction of sp³-hybridized carbons (Fsp3) is 0.312. The third-order valence-electron chi connectivity index (χ3n) is 4.34. The van der Waals surface area contributed by atoms with Crippen LogP contribution >= 0.6 is 0 Å². The number of hydrogen-bond acceptors (Lipinski definition) is 4. The lowest BCUT2D eigenvalue weighted by atomic mass is 10.1. The molecule has 0 bridgehead atoms. The maximum atomic E-state index is 12.3. The highest BCUT2D eigenvalue weighted by molar-refractivity contribution is 6.08. The predicted octanol–water partition coefficient (Wildman–Crippen LogP) is 1.59. The standard InChI is InChI=1S/C16H17N5O2/c1-20-8-6-14(19-20)18-15(22)10-4-5-12-11(9-10)17-16(23)13-3-2-7-21(12)13/h4-6,8-9,13H,2-3,7H2,1H3,(H,17,23)(H,18,19,22). The number of amides is 2. The molecule has 7 nitrogen and oxygen atoms in total. The monoisotopic (exact) mass is 311 g/mol. The van der Waals surface area contributed by atoms with Crippen LogP contribution in [0.3, 0.4) is 0 Å². The topological polar surface area (TPSA) is 79.3 Å². The van der Waals surface area contributed by atoms with Gasteiger partial charge in [0.2, 0.25) is 5.91 Å². The van der Waals surface area contributed by atoms with Gasteiger partial charge in [0.05, 0.1) is 11.4 Å². The van der Waals surface area contributed by atoms with Crippen LogP contribution in [0.4, 0.5) is 17.2 Å². The van der Waals surface area contributed by atoms with Crippen LogP contribution in [0.5, 0.6) is 0 Å². The van der Waals surface area contributed by atoms with Crippen molar-refractivity contribution in [2.75, 3.05) is 22.1 Å². The van der Waals surface area contributed by atoms with E-state index in [-0.39, 0.29) is 17.9 Å². The van der Waals surface area contributed by atoms with E-state index in [1.807, 2.05) is 6.07 Å². The van der Waals surface area contributed by atoms with E-state index in [2.05, 4.69) is 20.6 Å². The average Bonchev–Trinajstić information content (AvgIpc) is 3.16. The highest BCUT2D eigenvalue weighted by atomic mass is 16.2. The highest BCUT2D eigenvalue weighted by Crippen LogP contribution is 2.37. The Labute approximate surface area is 133 Å². The van der Waals surface area contributed by atoms with Crippen molar-refractivity contribution in [3.8, 4) is 0 Å². The second kappa shape index (κ2) is 5.12. The number of benzene rings is 1. The summed E-state index contributed by atoms with van der Waals surface area (Å²) in [6, 6.07) is 7.06. The van der Waals surface area contributed by atoms with Gasteiger partial charge >= 0.3 is 0 Å². The van der Waals surface area contributed by atoms with E-state index in [0.717, 1.165) is 25.1 Å². The normalized spacial score (nSPS) is 19.1. The Kier molecular flexibility index (Phi) is 3.07. The first-order valence-corrected chi connectivity index (χ1v) is 7.64. The molecule has 0 radical (unpaired) electrons. The molecule has 2 N–H and O–H groups in total. The van der Waals surface area contributed by atoms with Crippen LogP contribution in [0.2, 0.25) is 0 Å². The average molecular weight is 311 g/mol. The number of hydrogen-bond donors (Lipinski definition) is 2. The van der Waals surface area contributed by atoms with Crippen molar-refractivity contribution >= 4 is 29.0 Å².